The van der Waals surface area contributed by atoms with Crippen molar-refractivity contribution < 1.29 is 19.7 Å². The second-order valence-corrected chi connectivity index (χ2v) is 3.36. The Morgan fingerprint density at radius 3 is 2.93 bits per heavy atom. The molecule has 0 radical (unpaired) electrons. The molecule has 0 saturated heterocycles. The highest BCUT2D eigenvalue weighted by molar-refractivity contribution is 6.34. The predicted octanol–water partition coefficient (Wildman–Crippen LogP) is 1.68. The zero-order valence-electron chi connectivity index (χ0n) is 7.08. The molecule has 0 atom stereocenters. The molecule has 74 valence electrons. The van der Waals surface area contributed by atoms with Crippen LogP contribution in [0.15, 0.2) is 6.07 Å². The Bertz CT molecular complexity index is 414. The average molecular weight is 215 g/mol. The normalized spacial score (nSPS) is 13.5. The Morgan fingerprint density at radius 1 is 1.57 bits per heavy atom. The number of ether oxygens (including phenoxy) is 1. The van der Waals surface area contributed by atoms with E-state index in [2.05, 4.69) is 0 Å². The standard InChI is InChI=1S/C9H7ClO4/c10-6-7(11)5(9(12)13)3-4-1-2-14-8(4)6/h3,11H,1-2H2,(H,12,13). The van der Waals surface area contributed by atoms with Gasteiger partial charge < -0.3 is 14.9 Å². The van der Waals surface area contributed by atoms with Crippen molar-refractivity contribution in [3.8, 4) is 11.5 Å². The molecule has 1 heterocycles. The van der Waals surface area contributed by atoms with Crippen LogP contribution in [0.2, 0.25) is 5.02 Å². The van der Waals surface area contributed by atoms with Gasteiger partial charge in [-0.2, -0.15) is 0 Å². The van der Waals surface area contributed by atoms with Crippen molar-refractivity contribution in [1.82, 2.24) is 0 Å². The van der Waals surface area contributed by atoms with Crippen LogP contribution in [0.5, 0.6) is 11.5 Å². The van der Waals surface area contributed by atoms with E-state index >= 15 is 0 Å². The number of hydrogen-bond acceptors (Lipinski definition) is 3. The number of hydrogen-bond donors (Lipinski definition) is 2. The van der Waals surface area contributed by atoms with Gasteiger partial charge in [-0.1, -0.05) is 11.6 Å². The number of rotatable bonds is 1. The van der Waals surface area contributed by atoms with Crippen molar-refractivity contribution >= 4 is 17.6 Å². The molecule has 2 rings (SSSR count). The summed E-state index contributed by atoms with van der Waals surface area (Å²) in [4.78, 5) is 10.7. The molecule has 5 heteroatoms. The van der Waals surface area contributed by atoms with E-state index < -0.39 is 11.7 Å². The van der Waals surface area contributed by atoms with Crippen LogP contribution in [0.4, 0.5) is 0 Å². The second kappa shape index (κ2) is 3.06. The minimum Gasteiger partial charge on any atom is -0.505 e. The van der Waals surface area contributed by atoms with E-state index in [1.807, 2.05) is 0 Å². The summed E-state index contributed by atoms with van der Waals surface area (Å²) in [5.74, 6) is -1.23. The van der Waals surface area contributed by atoms with Crippen molar-refractivity contribution in [3.63, 3.8) is 0 Å². The van der Waals surface area contributed by atoms with Gasteiger partial charge in [-0.3, -0.25) is 0 Å². The molecular weight excluding hydrogens is 208 g/mol. The summed E-state index contributed by atoms with van der Waals surface area (Å²) in [5.41, 5.74) is 0.546. The maximum Gasteiger partial charge on any atom is 0.339 e. The lowest BCUT2D eigenvalue weighted by molar-refractivity contribution is 0.0693. The van der Waals surface area contributed by atoms with Crippen molar-refractivity contribution in [2.45, 2.75) is 6.42 Å². The first kappa shape index (κ1) is 9.15. The summed E-state index contributed by atoms with van der Waals surface area (Å²) < 4.78 is 5.16. The number of halogens is 1. The van der Waals surface area contributed by atoms with E-state index in [9.17, 15) is 9.90 Å². The van der Waals surface area contributed by atoms with Crippen LogP contribution < -0.4 is 4.74 Å². The largest absolute Gasteiger partial charge is 0.505 e. The topological polar surface area (TPSA) is 66.8 Å². The van der Waals surface area contributed by atoms with Gasteiger partial charge >= 0.3 is 5.97 Å². The Hall–Kier alpha value is -1.42. The summed E-state index contributed by atoms with van der Waals surface area (Å²) in [6.45, 7) is 0.470. The predicted molar refractivity (Wildman–Crippen MR) is 49.3 cm³/mol. The first-order valence-corrected chi connectivity index (χ1v) is 4.39. The van der Waals surface area contributed by atoms with E-state index in [4.69, 9.17) is 21.4 Å². The number of carboxylic acids is 1. The van der Waals surface area contributed by atoms with Crippen molar-refractivity contribution in [2.24, 2.45) is 0 Å². The third-order valence-electron chi connectivity index (χ3n) is 2.12. The minimum absolute atomic E-state index is 0.0163. The molecule has 1 aliphatic rings. The van der Waals surface area contributed by atoms with Crippen LogP contribution in [-0.4, -0.2) is 22.8 Å². The third kappa shape index (κ3) is 1.19. The maximum atomic E-state index is 10.7. The molecular formula is C9H7ClO4. The van der Waals surface area contributed by atoms with Crippen LogP contribution in [0.3, 0.4) is 0 Å². The van der Waals surface area contributed by atoms with Gasteiger partial charge in [0.1, 0.15) is 16.3 Å². The molecule has 14 heavy (non-hydrogen) atoms. The maximum absolute atomic E-state index is 10.7. The Kier molecular flexibility index (Phi) is 2.00. The Morgan fingerprint density at radius 2 is 2.29 bits per heavy atom. The SMILES string of the molecule is O=C(O)c1cc2c(c(Cl)c1O)OCC2. The summed E-state index contributed by atoms with van der Waals surface area (Å²) in [7, 11) is 0. The summed E-state index contributed by atoms with van der Waals surface area (Å²) >= 11 is 5.75. The van der Waals surface area contributed by atoms with E-state index in [1.54, 1.807) is 0 Å². The number of carboxylic acid groups (broad SMARTS) is 1. The van der Waals surface area contributed by atoms with Gasteiger partial charge in [-0.05, 0) is 6.07 Å². The monoisotopic (exact) mass is 214 g/mol. The summed E-state index contributed by atoms with van der Waals surface area (Å²) in [6, 6.07) is 1.39. The molecule has 0 bridgehead atoms. The minimum atomic E-state index is -1.20. The molecule has 0 fully saturated rings. The molecule has 1 aromatic carbocycles. The van der Waals surface area contributed by atoms with Crippen molar-refractivity contribution in [1.29, 1.82) is 0 Å². The lowest BCUT2D eigenvalue weighted by atomic mass is 10.1. The van der Waals surface area contributed by atoms with E-state index in [1.165, 1.54) is 6.07 Å². The molecule has 0 unspecified atom stereocenters. The number of carbonyl (C=O) groups is 1. The molecule has 0 aliphatic carbocycles. The van der Waals surface area contributed by atoms with Gasteiger partial charge in [0, 0.05) is 12.0 Å². The Labute approximate surface area is 84.7 Å². The van der Waals surface area contributed by atoms with Crippen LogP contribution in [0.25, 0.3) is 0 Å². The smallest absolute Gasteiger partial charge is 0.339 e. The first-order valence-electron chi connectivity index (χ1n) is 4.01. The van der Waals surface area contributed by atoms with E-state index in [0.717, 1.165) is 5.56 Å². The van der Waals surface area contributed by atoms with E-state index in [0.29, 0.717) is 18.8 Å². The third-order valence-corrected chi connectivity index (χ3v) is 2.47. The van der Waals surface area contributed by atoms with Crippen molar-refractivity contribution in [2.75, 3.05) is 6.61 Å². The van der Waals surface area contributed by atoms with Gasteiger partial charge in [0.25, 0.3) is 0 Å². The summed E-state index contributed by atoms with van der Waals surface area (Å²) in [5, 5.41) is 18.2. The lowest BCUT2D eigenvalue weighted by Crippen LogP contribution is -1.98. The second-order valence-electron chi connectivity index (χ2n) is 2.98. The zero-order chi connectivity index (χ0) is 10.3. The first-order chi connectivity index (χ1) is 6.61. The Balaban J connectivity index is 2.67. The van der Waals surface area contributed by atoms with Gasteiger partial charge in [0.15, 0.2) is 5.75 Å². The van der Waals surface area contributed by atoms with Gasteiger partial charge in [-0.15, -0.1) is 0 Å². The fourth-order valence-electron chi connectivity index (χ4n) is 1.44. The van der Waals surface area contributed by atoms with Gasteiger partial charge in [-0.25, -0.2) is 4.79 Å². The van der Waals surface area contributed by atoms with Crippen LogP contribution in [-0.2, 0) is 6.42 Å². The van der Waals surface area contributed by atoms with Crippen LogP contribution in [0.1, 0.15) is 15.9 Å². The highest BCUT2D eigenvalue weighted by Gasteiger charge is 2.24. The number of fused-ring (bicyclic) bond motifs is 1. The summed E-state index contributed by atoms with van der Waals surface area (Å²) in [6.07, 6.45) is 0.621. The van der Waals surface area contributed by atoms with Crippen molar-refractivity contribution in [3.05, 3.63) is 22.2 Å². The number of phenols is 1. The fourth-order valence-corrected chi connectivity index (χ4v) is 1.72. The molecule has 0 aromatic heterocycles. The molecule has 2 N–H and O–H groups in total. The van der Waals surface area contributed by atoms with Crippen LogP contribution >= 0.6 is 11.6 Å². The van der Waals surface area contributed by atoms with Gasteiger partial charge in [0.05, 0.1) is 6.61 Å². The number of aromatic carboxylic acids is 1. The lowest BCUT2D eigenvalue weighted by Gasteiger charge is -2.06. The van der Waals surface area contributed by atoms with E-state index in [-0.39, 0.29) is 10.6 Å². The molecule has 0 amide bonds. The van der Waals surface area contributed by atoms with Gasteiger partial charge in [0.2, 0.25) is 0 Å². The average Bonchev–Trinajstić information content (AvgIpc) is 2.58. The molecule has 0 spiro atoms. The molecule has 1 aliphatic heterocycles. The number of aromatic hydroxyl groups is 1. The highest BCUT2D eigenvalue weighted by Crippen LogP contribution is 2.41. The molecule has 0 saturated carbocycles. The quantitative estimate of drug-likeness (QED) is 0.747. The highest BCUT2D eigenvalue weighted by atomic mass is 35.5. The fraction of sp³-hybridized carbons (Fsp3) is 0.222. The molecule has 1 aromatic rings. The van der Waals surface area contributed by atoms with Crippen LogP contribution in [0, 0.1) is 0 Å². The number of benzene rings is 1. The molecule has 4 nitrogen and oxygen atoms in total. The zero-order valence-corrected chi connectivity index (χ0v) is 7.84.